The second-order valence-electron chi connectivity index (χ2n) is 5.65. The SMILES string of the molecule is CC1CCCN(C(=O)c2ccccc2C#CCCO)CC1. The maximum atomic E-state index is 12.7. The fraction of sp³-hybridized carbons (Fsp3) is 0.500. The van der Waals surface area contributed by atoms with Crippen LogP contribution in [0.5, 0.6) is 0 Å². The number of hydrogen-bond acceptors (Lipinski definition) is 2. The summed E-state index contributed by atoms with van der Waals surface area (Å²) >= 11 is 0. The van der Waals surface area contributed by atoms with Gasteiger partial charge >= 0.3 is 0 Å². The van der Waals surface area contributed by atoms with Crippen molar-refractivity contribution in [2.24, 2.45) is 5.92 Å². The predicted molar refractivity (Wildman–Crippen MR) is 83.9 cm³/mol. The molecule has 0 aromatic heterocycles. The van der Waals surface area contributed by atoms with Crippen molar-refractivity contribution in [3.63, 3.8) is 0 Å². The molecule has 112 valence electrons. The number of carbonyl (C=O) groups excluding carboxylic acids is 1. The Morgan fingerprint density at radius 2 is 2.14 bits per heavy atom. The van der Waals surface area contributed by atoms with Gasteiger partial charge in [-0.2, -0.15) is 0 Å². The third-order valence-corrected chi connectivity index (χ3v) is 3.92. The van der Waals surface area contributed by atoms with Gasteiger partial charge in [0.05, 0.1) is 12.2 Å². The summed E-state index contributed by atoms with van der Waals surface area (Å²) in [6, 6.07) is 7.49. The minimum Gasteiger partial charge on any atom is -0.395 e. The van der Waals surface area contributed by atoms with Crippen molar-refractivity contribution in [2.75, 3.05) is 19.7 Å². The summed E-state index contributed by atoms with van der Waals surface area (Å²) in [4.78, 5) is 14.7. The Balaban J connectivity index is 2.17. The molecule has 1 unspecified atom stereocenters. The fourth-order valence-electron chi connectivity index (χ4n) is 2.63. The number of carbonyl (C=O) groups is 1. The Morgan fingerprint density at radius 1 is 1.33 bits per heavy atom. The van der Waals surface area contributed by atoms with Crippen molar-refractivity contribution < 1.29 is 9.90 Å². The quantitative estimate of drug-likeness (QED) is 0.849. The Hall–Kier alpha value is -1.79. The monoisotopic (exact) mass is 285 g/mol. The summed E-state index contributed by atoms with van der Waals surface area (Å²) in [5.74, 6) is 6.68. The van der Waals surface area contributed by atoms with Crippen LogP contribution in [0.4, 0.5) is 0 Å². The summed E-state index contributed by atoms with van der Waals surface area (Å²) in [6.07, 6.45) is 3.78. The lowest BCUT2D eigenvalue weighted by atomic mass is 10.0. The molecule has 1 saturated heterocycles. The minimum atomic E-state index is 0.0487. The Morgan fingerprint density at radius 3 is 2.95 bits per heavy atom. The molecule has 1 atom stereocenters. The first-order valence-corrected chi connectivity index (χ1v) is 7.70. The molecule has 1 aliphatic heterocycles. The largest absolute Gasteiger partial charge is 0.395 e. The summed E-state index contributed by atoms with van der Waals surface area (Å²) in [6.45, 7) is 3.97. The lowest BCUT2D eigenvalue weighted by Crippen LogP contribution is -2.32. The highest BCUT2D eigenvalue weighted by molar-refractivity contribution is 5.96. The van der Waals surface area contributed by atoms with Crippen LogP contribution in [-0.4, -0.2) is 35.6 Å². The molecule has 1 aromatic carbocycles. The van der Waals surface area contributed by atoms with E-state index < -0.39 is 0 Å². The highest BCUT2D eigenvalue weighted by Crippen LogP contribution is 2.19. The summed E-state index contributed by atoms with van der Waals surface area (Å²) in [5, 5.41) is 8.81. The van der Waals surface area contributed by atoms with Crippen LogP contribution in [0.25, 0.3) is 0 Å². The maximum absolute atomic E-state index is 12.7. The van der Waals surface area contributed by atoms with E-state index in [1.807, 2.05) is 29.2 Å². The first-order chi connectivity index (χ1) is 10.2. The third kappa shape index (κ3) is 4.34. The molecule has 1 aliphatic rings. The number of rotatable bonds is 2. The van der Waals surface area contributed by atoms with Crippen molar-refractivity contribution in [1.82, 2.24) is 4.90 Å². The molecule has 3 nitrogen and oxygen atoms in total. The molecule has 2 rings (SSSR count). The van der Waals surface area contributed by atoms with Crippen LogP contribution in [0, 0.1) is 17.8 Å². The zero-order valence-electron chi connectivity index (χ0n) is 12.6. The zero-order valence-corrected chi connectivity index (χ0v) is 12.6. The van der Waals surface area contributed by atoms with E-state index in [0.717, 1.165) is 31.5 Å². The van der Waals surface area contributed by atoms with Gasteiger partial charge in [0.15, 0.2) is 0 Å². The average Bonchev–Trinajstić information content (AvgIpc) is 2.72. The van der Waals surface area contributed by atoms with Crippen LogP contribution in [0.3, 0.4) is 0 Å². The standard InChI is InChI=1S/C18H23NO2/c1-15-7-6-12-19(13-11-15)18(21)17-10-3-2-8-16(17)9-4-5-14-20/h2-3,8,10,15,20H,5-7,11-14H2,1H3. The lowest BCUT2D eigenvalue weighted by Gasteiger charge is -2.21. The van der Waals surface area contributed by atoms with Gasteiger partial charge in [-0.05, 0) is 37.3 Å². The predicted octanol–water partition coefficient (Wildman–Crippen LogP) is 2.68. The van der Waals surface area contributed by atoms with Gasteiger partial charge in [-0.1, -0.05) is 30.9 Å². The van der Waals surface area contributed by atoms with Crippen LogP contribution < -0.4 is 0 Å². The second kappa shape index (κ2) is 7.85. The van der Waals surface area contributed by atoms with E-state index in [1.54, 1.807) is 0 Å². The van der Waals surface area contributed by atoms with E-state index in [9.17, 15) is 4.79 Å². The van der Waals surface area contributed by atoms with Crippen LogP contribution >= 0.6 is 0 Å². The van der Waals surface area contributed by atoms with Gasteiger partial charge in [-0.3, -0.25) is 4.79 Å². The number of amides is 1. The topological polar surface area (TPSA) is 40.5 Å². The van der Waals surface area contributed by atoms with Crippen LogP contribution in [0.1, 0.15) is 48.5 Å². The molecule has 0 aliphatic carbocycles. The van der Waals surface area contributed by atoms with Crippen molar-refractivity contribution in [2.45, 2.75) is 32.6 Å². The van der Waals surface area contributed by atoms with Crippen LogP contribution in [0.15, 0.2) is 24.3 Å². The first kappa shape index (κ1) is 15.6. The van der Waals surface area contributed by atoms with E-state index >= 15 is 0 Å². The fourth-order valence-corrected chi connectivity index (χ4v) is 2.63. The number of likely N-dealkylation sites (tertiary alicyclic amines) is 1. The minimum absolute atomic E-state index is 0.0487. The molecule has 0 saturated carbocycles. The van der Waals surface area contributed by atoms with E-state index in [-0.39, 0.29) is 12.5 Å². The van der Waals surface area contributed by atoms with E-state index in [1.165, 1.54) is 6.42 Å². The lowest BCUT2D eigenvalue weighted by molar-refractivity contribution is 0.0760. The van der Waals surface area contributed by atoms with Crippen molar-refractivity contribution in [3.05, 3.63) is 35.4 Å². The Bertz CT molecular complexity index is 542. The Kier molecular flexibility index (Phi) is 5.83. The number of hydrogen-bond donors (Lipinski definition) is 1. The van der Waals surface area contributed by atoms with Crippen LogP contribution in [0.2, 0.25) is 0 Å². The highest BCUT2D eigenvalue weighted by atomic mass is 16.2. The molecule has 0 radical (unpaired) electrons. The summed E-state index contributed by atoms with van der Waals surface area (Å²) < 4.78 is 0. The first-order valence-electron chi connectivity index (χ1n) is 7.70. The van der Waals surface area contributed by atoms with E-state index in [2.05, 4.69) is 18.8 Å². The molecule has 1 fully saturated rings. The average molecular weight is 285 g/mol. The highest BCUT2D eigenvalue weighted by Gasteiger charge is 2.21. The molecule has 3 heteroatoms. The Labute approximate surface area is 127 Å². The van der Waals surface area contributed by atoms with Gasteiger partial charge in [0, 0.05) is 25.1 Å². The third-order valence-electron chi connectivity index (χ3n) is 3.92. The van der Waals surface area contributed by atoms with Crippen LogP contribution in [-0.2, 0) is 0 Å². The maximum Gasteiger partial charge on any atom is 0.255 e. The number of aliphatic hydroxyl groups excluding tert-OH is 1. The second-order valence-corrected chi connectivity index (χ2v) is 5.65. The molecular formula is C18H23NO2. The van der Waals surface area contributed by atoms with Gasteiger partial charge in [0.2, 0.25) is 0 Å². The molecule has 1 amide bonds. The van der Waals surface area contributed by atoms with Crippen molar-refractivity contribution in [1.29, 1.82) is 0 Å². The van der Waals surface area contributed by atoms with Gasteiger partial charge < -0.3 is 10.0 Å². The van der Waals surface area contributed by atoms with Gasteiger partial charge in [-0.25, -0.2) is 0 Å². The number of nitrogens with zero attached hydrogens (tertiary/aromatic N) is 1. The zero-order chi connectivity index (χ0) is 15.1. The molecule has 1 aromatic rings. The van der Waals surface area contributed by atoms with Crippen molar-refractivity contribution in [3.8, 4) is 11.8 Å². The smallest absolute Gasteiger partial charge is 0.255 e. The summed E-state index contributed by atoms with van der Waals surface area (Å²) in [5.41, 5.74) is 1.44. The molecule has 1 N–H and O–H groups in total. The molecular weight excluding hydrogens is 262 g/mol. The normalized spacial score (nSPS) is 18.6. The van der Waals surface area contributed by atoms with Gasteiger partial charge in [0.25, 0.3) is 5.91 Å². The molecule has 21 heavy (non-hydrogen) atoms. The van der Waals surface area contributed by atoms with E-state index in [4.69, 9.17) is 5.11 Å². The number of benzene rings is 1. The molecule has 1 heterocycles. The van der Waals surface area contributed by atoms with E-state index in [0.29, 0.717) is 17.9 Å². The van der Waals surface area contributed by atoms with Gasteiger partial charge in [-0.15, -0.1) is 0 Å². The number of aliphatic hydroxyl groups is 1. The summed E-state index contributed by atoms with van der Waals surface area (Å²) in [7, 11) is 0. The molecule has 0 bridgehead atoms. The van der Waals surface area contributed by atoms with Crippen molar-refractivity contribution >= 4 is 5.91 Å². The van der Waals surface area contributed by atoms with Gasteiger partial charge in [0.1, 0.15) is 0 Å². The molecule has 0 spiro atoms.